The number of aryl methyl sites for hydroxylation is 2. The zero-order valence-electron chi connectivity index (χ0n) is 12.6. The number of oxime groups is 1. The highest BCUT2D eigenvalue weighted by Gasteiger charge is 2.12. The Hall–Kier alpha value is -2.73. The first kappa shape index (κ1) is 15.2. The Morgan fingerprint density at radius 1 is 1.17 bits per heavy atom. The van der Waals surface area contributed by atoms with Gasteiger partial charge in [0, 0.05) is 34.1 Å². The van der Waals surface area contributed by atoms with Crippen LogP contribution in [0.15, 0.2) is 41.7 Å². The van der Waals surface area contributed by atoms with Crippen LogP contribution in [0.25, 0.3) is 17.1 Å². The van der Waals surface area contributed by atoms with E-state index in [1.165, 1.54) is 6.21 Å². The van der Waals surface area contributed by atoms with Gasteiger partial charge in [-0.15, -0.1) is 0 Å². The third-order valence-electron chi connectivity index (χ3n) is 3.24. The molecule has 1 N–H and O–H groups in total. The average molecular weight is 328 g/mol. The first-order valence-electron chi connectivity index (χ1n) is 6.92. The second kappa shape index (κ2) is 6.18. The van der Waals surface area contributed by atoms with E-state index in [0.29, 0.717) is 27.9 Å². The van der Waals surface area contributed by atoms with Gasteiger partial charge in [-0.1, -0.05) is 28.9 Å². The molecular formula is C16H14ClN5O. The number of nitrogens with zero attached hydrogens (tertiary/aromatic N) is 5. The third kappa shape index (κ3) is 3.22. The Morgan fingerprint density at radius 3 is 2.57 bits per heavy atom. The van der Waals surface area contributed by atoms with Gasteiger partial charge >= 0.3 is 0 Å². The van der Waals surface area contributed by atoms with Crippen LogP contribution < -0.4 is 0 Å². The molecule has 0 spiro atoms. The van der Waals surface area contributed by atoms with Crippen molar-refractivity contribution in [3.63, 3.8) is 0 Å². The quantitative estimate of drug-likeness (QED) is 0.454. The van der Waals surface area contributed by atoms with Crippen LogP contribution in [0.1, 0.15) is 17.1 Å². The fourth-order valence-corrected chi connectivity index (χ4v) is 2.43. The Balaban J connectivity index is 2.13. The van der Waals surface area contributed by atoms with Crippen molar-refractivity contribution in [3.05, 3.63) is 58.6 Å². The van der Waals surface area contributed by atoms with Gasteiger partial charge in [-0.25, -0.2) is 14.6 Å². The van der Waals surface area contributed by atoms with Gasteiger partial charge in [-0.2, -0.15) is 5.10 Å². The van der Waals surface area contributed by atoms with Crippen LogP contribution in [0, 0.1) is 13.8 Å². The summed E-state index contributed by atoms with van der Waals surface area (Å²) in [6, 6.07) is 9.13. The molecule has 0 aliphatic carbocycles. The van der Waals surface area contributed by atoms with Crippen LogP contribution in [0.3, 0.4) is 0 Å². The van der Waals surface area contributed by atoms with E-state index in [-0.39, 0.29) is 0 Å². The molecule has 2 aromatic heterocycles. The van der Waals surface area contributed by atoms with Crippen LogP contribution in [0.2, 0.25) is 5.02 Å². The van der Waals surface area contributed by atoms with Crippen LogP contribution in [0.5, 0.6) is 0 Å². The SMILES string of the molecule is Cc1cc(-n2cc(/C=N/O)c(-c3ccc(Cl)cc3)n2)nc(C)n1. The zero-order valence-corrected chi connectivity index (χ0v) is 13.4. The molecule has 3 rings (SSSR count). The van der Waals surface area contributed by atoms with Crippen molar-refractivity contribution in [1.82, 2.24) is 19.7 Å². The summed E-state index contributed by atoms with van der Waals surface area (Å²) in [5.41, 5.74) is 3.07. The molecule has 7 heteroatoms. The lowest BCUT2D eigenvalue weighted by Gasteiger charge is -2.03. The van der Waals surface area contributed by atoms with E-state index in [1.807, 2.05) is 32.0 Å². The summed E-state index contributed by atoms with van der Waals surface area (Å²) in [6.45, 7) is 3.73. The van der Waals surface area contributed by atoms with Crippen molar-refractivity contribution >= 4 is 17.8 Å². The summed E-state index contributed by atoms with van der Waals surface area (Å²) >= 11 is 5.93. The summed E-state index contributed by atoms with van der Waals surface area (Å²) in [5, 5.41) is 17.2. The zero-order chi connectivity index (χ0) is 16.4. The minimum absolute atomic E-state index is 0.646. The van der Waals surface area contributed by atoms with Gasteiger partial charge in [0.25, 0.3) is 0 Å². The maximum absolute atomic E-state index is 8.89. The van der Waals surface area contributed by atoms with Crippen molar-refractivity contribution < 1.29 is 5.21 Å². The maximum Gasteiger partial charge on any atom is 0.157 e. The molecule has 0 aliphatic heterocycles. The molecule has 6 nitrogen and oxygen atoms in total. The molecule has 116 valence electrons. The standard InChI is InChI=1S/C16H14ClN5O/c1-10-7-15(20-11(2)19-10)22-9-13(8-18-23)16(21-22)12-3-5-14(17)6-4-12/h3-9,23H,1-2H3/b18-8+. The molecule has 0 unspecified atom stereocenters. The van der Waals surface area contributed by atoms with E-state index < -0.39 is 0 Å². The Labute approximate surface area is 138 Å². The predicted molar refractivity (Wildman–Crippen MR) is 88.5 cm³/mol. The molecule has 0 bridgehead atoms. The van der Waals surface area contributed by atoms with Crippen LogP contribution >= 0.6 is 11.6 Å². The molecule has 0 atom stereocenters. The van der Waals surface area contributed by atoms with Gasteiger partial charge in [-0.3, -0.25) is 0 Å². The number of hydrogen-bond acceptors (Lipinski definition) is 5. The van der Waals surface area contributed by atoms with Crippen molar-refractivity contribution in [2.24, 2.45) is 5.16 Å². The number of hydrogen-bond donors (Lipinski definition) is 1. The Kier molecular flexibility index (Phi) is 4.08. The molecule has 2 heterocycles. The minimum atomic E-state index is 0.646. The van der Waals surface area contributed by atoms with E-state index in [4.69, 9.17) is 16.8 Å². The normalized spacial score (nSPS) is 11.3. The molecule has 0 fully saturated rings. The predicted octanol–water partition coefficient (Wildman–Crippen LogP) is 3.41. The van der Waals surface area contributed by atoms with E-state index in [1.54, 1.807) is 23.0 Å². The van der Waals surface area contributed by atoms with Gasteiger partial charge in [0.1, 0.15) is 11.5 Å². The van der Waals surface area contributed by atoms with Gasteiger partial charge in [0.15, 0.2) is 5.82 Å². The molecule has 0 amide bonds. The van der Waals surface area contributed by atoms with E-state index in [0.717, 1.165) is 11.3 Å². The maximum atomic E-state index is 8.89. The molecule has 0 aliphatic rings. The summed E-state index contributed by atoms with van der Waals surface area (Å²) in [7, 11) is 0. The monoisotopic (exact) mass is 327 g/mol. The smallest absolute Gasteiger partial charge is 0.157 e. The van der Waals surface area contributed by atoms with E-state index in [9.17, 15) is 0 Å². The van der Waals surface area contributed by atoms with Gasteiger partial charge in [-0.05, 0) is 26.0 Å². The summed E-state index contributed by atoms with van der Waals surface area (Å²) in [4.78, 5) is 8.65. The minimum Gasteiger partial charge on any atom is -0.411 e. The second-order valence-corrected chi connectivity index (χ2v) is 5.48. The van der Waals surface area contributed by atoms with E-state index in [2.05, 4.69) is 20.2 Å². The number of benzene rings is 1. The third-order valence-corrected chi connectivity index (χ3v) is 3.50. The van der Waals surface area contributed by atoms with Gasteiger partial charge in [0.05, 0.1) is 6.21 Å². The first-order valence-corrected chi connectivity index (χ1v) is 7.30. The van der Waals surface area contributed by atoms with Crippen molar-refractivity contribution in [3.8, 4) is 17.1 Å². The lowest BCUT2D eigenvalue weighted by Crippen LogP contribution is -2.02. The molecule has 0 saturated heterocycles. The summed E-state index contributed by atoms with van der Waals surface area (Å²) in [5.74, 6) is 1.32. The first-order chi connectivity index (χ1) is 11.1. The highest BCUT2D eigenvalue weighted by atomic mass is 35.5. The van der Waals surface area contributed by atoms with Crippen molar-refractivity contribution in [2.75, 3.05) is 0 Å². The molecule has 1 aromatic carbocycles. The lowest BCUT2D eigenvalue weighted by atomic mass is 10.1. The fourth-order valence-electron chi connectivity index (χ4n) is 2.31. The van der Waals surface area contributed by atoms with Crippen LogP contribution in [0.4, 0.5) is 0 Å². The molecule has 3 aromatic rings. The van der Waals surface area contributed by atoms with Crippen LogP contribution in [-0.4, -0.2) is 31.2 Å². The second-order valence-electron chi connectivity index (χ2n) is 5.04. The van der Waals surface area contributed by atoms with Gasteiger partial charge in [0.2, 0.25) is 0 Å². The van der Waals surface area contributed by atoms with E-state index >= 15 is 0 Å². The van der Waals surface area contributed by atoms with Crippen LogP contribution in [-0.2, 0) is 0 Å². The molecule has 0 radical (unpaired) electrons. The lowest BCUT2D eigenvalue weighted by molar-refractivity contribution is 0.322. The highest BCUT2D eigenvalue weighted by molar-refractivity contribution is 6.30. The topological polar surface area (TPSA) is 76.2 Å². The van der Waals surface area contributed by atoms with Crippen molar-refractivity contribution in [1.29, 1.82) is 0 Å². The molecule has 0 saturated carbocycles. The molecule has 23 heavy (non-hydrogen) atoms. The highest BCUT2D eigenvalue weighted by Crippen LogP contribution is 2.24. The fraction of sp³-hybridized carbons (Fsp3) is 0.125. The van der Waals surface area contributed by atoms with Gasteiger partial charge < -0.3 is 5.21 Å². The molecular weight excluding hydrogens is 314 g/mol. The summed E-state index contributed by atoms with van der Waals surface area (Å²) < 4.78 is 1.64. The number of rotatable bonds is 3. The largest absolute Gasteiger partial charge is 0.411 e. The average Bonchev–Trinajstić information content (AvgIpc) is 2.91. The number of aromatic nitrogens is 4. The Morgan fingerprint density at radius 2 is 1.91 bits per heavy atom. The Bertz CT molecular complexity index is 850. The number of halogens is 1. The summed E-state index contributed by atoms with van der Waals surface area (Å²) in [6.07, 6.45) is 3.10. The van der Waals surface area contributed by atoms with Crippen molar-refractivity contribution in [2.45, 2.75) is 13.8 Å².